The fourth-order valence-electron chi connectivity index (χ4n) is 3.02. The van der Waals surface area contributed by atoms with Crippen LogP contribution in [0, 0.1) is 0 Å². The first-order chi connectivity index (χ1) is 16.5. The van der Waals surface area contributed by atoms with Crippen molar-refractivity contribution >= 4 is 29.1 Å². The van der Waals surface area contributed by atoms with Crippen LogP contribution in [0.25, 0.3) is 11.5 Å². The predicted molar refractivity (Wildman–Crippen MR) is 128 cm³/mol. The summed E-state index contributed by atoms with van der Waals surface area (Å²) in [5.74, 6) is 0.494. The maximum atomic E-state index is 12.5. The monoisotopic (exact) mass is 476 g/mol. The van der Waals surface area contributed by atoms with Gasteiger partial charge in [0.15, 0.2) is 6.61 Å². The molecule has 0 radical (unpaired) electrons. The van der Waals surface area contributed by atoms with Gasteiger partial charge in [0, 0.05) is 27.9 Å². The highest BCUT2D eigenvalue weighted by Gasteiger charge is 2.17. The number of halogens is 1. The van der Waals surface area contributed by atoms with E-state index >= 15 is 0 Å². The van der Waals surface area contributed by atoms with Gasteiger partial charge in [-0.2, -0.15) is 0 Å². The number of carbonyl (C=O) groups excluding carboxylic acids is 2. The molecule has 0 fully saturated rings. The lowest BCUT2D eigenvalue weighted by atomic mass is 10.2. The molecule has 0 saturated heterocycles. The van der Waals surface area contributed by atoms with Crippen molar-refractivity contribution in [1.82, 2.24) is 15.5 Å². The van der Waals surface area contributed by atoms with E-state index in [1.807, 2.05) is 6.07 Å². The van der Waals surface area contributed by atoms with Crippen molar-refractivity contribution in [3.63, 3.8) is 0 Å². The summed E-state index contributed by atoms with van der Waals surface area (Å²) in [6.45, 7) is 1.67. The van der Waals surface area contributed by atoms with Crippen molar-refractivity contribution in [3.05, 3.63) is 95.3 Å². The minimum Gasteiger partial charge on any atom is -0.484 e. The third-order valence-corrected chi connectivity index (χ3v) is 5.05. The third-order valence-electron chi connectivity index (χ3n) is 4.80. The van der Waals surface area contributed by atoms with Crippen LogP contribution in [-0.4, -0.2) is 28.1 Å². The Hall–Kier alpha value is -4.17. The molecule has 0 aliphatic rings. The summed E-state index contributed by atoms with van der Waals surface area (Å²) in [6.07, 6.45) is 0. The number of hydrogen-bond donors (Lipinski definition) is 2. The molecule has 0 aliphatic carbocycles. The van der Waals surface area contributed by atoms with E-state index in [9.17, 15) is 9.59 Å². The van der Waals surface area contributed by atoms with Crippen LogP contribution in [0.3, 0.4) is 0 Å². The first-order valence-corrected chi connectivity index (χ1v) is 10.8. The Balaban J connectivity index is 1.32. The van der Waals surface area contributed by atoms with E-state index in [1.165, 1.54) is 0 Å². The van der Waals surface area contributed by atoms with Crippen LogP contribution in [0.2, 0.25) is 5.02 Å². The lowest BCUT2D eigenvalue weighted by Crippen LogP contribution is -2.41. The van der Waals surface area contributed by atoms with Gasteiger partial charge >= 0.3 is 0 Å². The van der Waals surface area contributed by atoms with Crippen molar-refractivity contribution in [1.29, 1.82) is 0 Å². The average molecular weight is 477 g/mol. The number of amides is 2. The number of nitrogens with one attached hydrogen (secondary N) is 2. The third kappa shape index (κ3) is 5.99. The maximum Gasteiger partial charge on any atom is 0.254 e. The Kier molecular flexibility index (Phi) is 7.19. The molecule has 0 spiro atoms. The van der Waals surface area contributed by atoms with Gasteiger partial charge in [-0.1, -0.05) is 35.9 Å². The molecule has 0 saturated carbocycles. The highest BCUT2D eigenvalue weighted by atomic mass is 35.5. The molecule has 34 heavy (non-hydrogen) atoms. The zero-order chi connectivity index (χ0) is 23.9. The summed E-state index contributed by atoms with van der Waals surface area (Å²) in [4.78, 5) is 24.8. The van der Waals surface area contributed by atoms with Crippen LogP contribution in [0.5, 0.6) is 5.75 Å². The molecule has 3 aromatic carbocycles. The minimum atomic E-state index is -0.734. The lowest BCUT2D eigenvalue weighted by molar-refractivity contribution is -0.117. The van der Waals surface area contributed by atoms with E-state index < -0.39 is 6.04 Å². The quantitative estimate of drug-likeness (QED) is 0.381. The fraction of sp³-hybridized carbons (Fsp3) is 0.120. The molecule has 1 heterocycles. The van der Waals surface area contributed by atoms with Gasteiger partial charge in [-0.05, 0) is 55.5 Å². The van der Waals surface area contributed by atoms with E-state index in [2.05, 4.69) is 20.8 Å². The number of benzene rings is 3. The Morgan fingerprint density at radius 1 is 1.00 bits per heavy atom. The predicted octanol–water partition coefficient (Wildman–Crippen LogP) is 4.73. The number of ether oxygens (including phenoxy) is 1. The molecule has 0 unspecified atom stereocenters. The van der Waals surface area contributed by atoms with Crippen molar-refractivity contribution in [2.45, 2.75) is 19.6 Å². The van der Waals surface area contributed by atoms with Crippen molar-refractivity contribution in [2.75, 3.05) is 5.32 Å². The van der Waals surface area contributed by atoms with Crippen molar-refractivity contribution in [2.24, 2.45) is 0 Å². The van der Waals surface area contributed by atoms with Crippen LogP contribution in [0.15, 0.2) is 83.3 Å². The first-order valence-electron chi connectivity index (χ1n) is 10.5. The Bertz CT molecular complexity index is 1280. The zero-order valence-electron chi connectivity index (χ0n) is 18.2. The zero-order valence-corrected chi connectivity index (χ0v) is 19.0. The number of anilines is 1. The molecule has 0 bridgehead atoms. The molecule has 1 atom stereocenters. The van der Waals surface area contributed by atoms with Gasteiger partial charge in [0.2, 0.25) is 11.8 Å². The van der Waals surface area contributed by atoms with Gasteiger partial charge in [0.05, 0.1) is 0 Å². The molecule has 2 amide bonds. The summed E-state index contributed by atoms with van der Waals surface area (Å²) in [6, 6.07) is 21.9. The van der Waals surface area contributed by atoms with E-state index in [0.29, 0.717) is 33.8 Å². The smallest absolute Gasteiger partial charge is 0.254 e. The van der Waals surface area contributed by atoms with Crippen molar-refractivity contribution in [3.8, 4) is 17.2 Å². The SMILES string of the molecule is C[C@H](NC(=O)c1ccccc1)C(=O)Nc1cccc(OCc2nnc(-c3ccc(Cl)cc3)o2)c1. The van der Waals surface area contributed by atoms with Crippen LogP contribution in [0.1, 0.15) is 23.2 Å². The van der Waals surface area contributed by atoms with Crippen LogP contribution >= 0.6 is 11.6 Å². The maximum absolute atomic E-state index is 12.5. The molecule has 0 aliphatic heterocycles. The van der Waals surface area contributed by atoms with Gasteiger partial charge < -0.3 is 19.8 Å². The van der Waals surface area contributed by atoms with Gasteiger partial charge in [-0.3, -0.25) is 9.59 Å². The summed E-state index contributed by atoms with van der Waals surface area (Å²) < 4.78 is 11.4. The van der Waals surface area contributed by atoms with Crippen molar-refractivity contribution < 1.29 is 18.7 Å². The van der Waals surface area contributed by atoms with Gasteiger partial charge in [0.1, 0.15) is 11.8 Å². The van der Waals surface area contributed by atoms with E-state index in [1.54, 1.807) is 79.7 Å². The molecule has 2 N–H and O–H groups in total. The van der Waals surface area contributed by atoms with Gasteiger partial charge in [-0.15, -0.1) is 10.2 Å². The highest BCUT2D eigenvalue weighted by molar-refractivity contribution is 6.30. The van der Waals surface area contributed by atoms with Crippen LogP contribution in [0.4, 0.5) is 5.69 Å². The second-order valence-corrected chi connectivity index (χ2v) is 7.81. The number of aromatic nitrogens is 2. The highest BCUT2D eigenvalue weighted by Crippen LogP contribution is 2.22. The summed E-state index contributed by atoms with van der Waals surface area (Å²) in [7, 11) is 0. The normalized spacial score (nSPS) is 11.5. The van der Waals surface area contributed by atoms with Crippen LogP contribution in [-0.2, 0) is 11.4 Å². The van der Waals surface area contributed by atoms with E-state index in [0.717, 1.165) is 5.56 Å². The second kappa shape index (κ2) is 10.6. The van der Waals surface area contributed by atoms with Gasteiger partial charge in [0.25, 0.3) is 11.8 Å². The summed E-state index contributed by atoms with van der Waals surface area (Å²) in [5, 5.41) is 14.1. The average Bonchev–Trinajstić information content (AvgIpc) is 3.33. The molecular weight excluding hydrogens is 456 g/mol. The van der Waals surface area contributed by atoms with E-state index in [-0.39, 0.29) is 18.4 Å². The molecule has 4 aromatic rings. The largest absolute Gasteiger partial charge is 0.484 e. The molecule has 9 heteroatoms. The molecular formula is C25H21ClN4O4. The van der Waals surface area contributed by atoms with Crippen LogP contribution < -0.4 is 15.4 Å². The molecule has 4 rings (SSSR count). The number of hydrogen-bond acceptors (Lipinski definition) is 6. The first kappa shape index (κ1) is 23.0. The van der Waals surface area contributed by atoms with Gasteiger partial charge in [-0.25, -0.2) is 0 Å². The second-order valence-electron chi connectivity index (χ2n) is 7.37. The fourth-order valence-corrected chi connectivity index (χ4v) is 3.14. The summed E-state index contributed by atoms with van der Waals surface area (Å²) in [5.41, 5.74) is 1.76. The minimum absolute atomic E-state index is 0.0571. The Labute approximate surface area is 200 Å². The molecule has 172 valence electrons. The topological polar surface area (TPSA) is 106 Å². The number of rotatable bonds is 8. The Morgan fingerprint density at radius 3 is 2.53 bits per heavy atom. The standard InChI is InChI=1S/C25H21ClN4O4/c1-16(27-24(32)17-6-3-2-4-7-17)23(31)28-20-8-5-9-21(14-20)33-15-22-29-30-25(34-22)18-10-12-19(26)13-11-18/h2-14,16H,15H2,1H3,(H,27,32)(H,28,31)/t16-/m0/s1. The lowest BCUT2D eigenvalue weighted by Gasteiger charge is -2.14. The molecule has 1 aromatic heterocycles. The Morgan fingerprint density at radius 2 is 1.76 bits per heavy atom. The molecule has 8 nitrogen and oxygen atoms in total. The van der Waals surface area contributed by atoms with E-state index in [4.69, 9.17) is 20.8 Å². The summed E-state index contributed by atoms with van der Waals surface area (Å²) >= 11 is 5.90. The number of nitrogens with zero attached hydrogens (tertiary/aromatic N) is 2. The number of carbonyl (C=O) groups is 2.